The second-order valence-electron chi connectivity index (χ2n) is 9.40. The lowest BCUT2D eigenvalue weighted by Crippen LogP contribution is -2.53. The average molecular weight is 382 g/mol. The first-order valence-corrected chi connectivity index (χ1v) is 9.67. The van der Waals surface area contributed by atoms with Gasteiger partial charge in [0.05, 0.1) is 5.92 Å². The smallest absolute Gasteiger partial charge is 0.244 e. The van der Waals surface area contributed by atoms with Gasteiger partial charge in [-0.3, -0.25) is 24.1 Å². The largest absolute Gasteiger partial charge is 0.354 e. The van der Waals surface area contributed by atoms with Crippen LogP contribution < -0.4 is 11.1 Å². The lowest BCUT2D eigenvalue weighted by Gasteiger charge is -2.28. The molecule has 1 rings (SSSR count). The lowest BCUT2D eigenvalue weighted by atomic mass is 9.80. The van der Waals surface area contributed by atoms with E-state index < -0.39 is 17.9 Å². The number of likely N-dealkylation sites (tertiary alicyclic amines) is 1. The van der Waals surface area contributed by atoms with Crippen LogP contribution in [0.5, 0.6) is 0 Å². The quantitative estimate of drug-likeness (QED) is 0.491. The van der Waals surface area contributed by atoms with E-state index in [-0.39, 0.29) is 41.4 Å². The molecule has 1 saturated heterocycles. The Morgan fingerprint density at radius 2 is 1.74 bits per heavy atom. The minimum absolute atomic E-state index is 0.108. The number of nitrogens with one attached hydrogen (secondary N) is 1. The molecule has 0 aromatic heterocycles. The molecule has 2 unspecified atom stereocenters. The number of hydrogen-bond donors (Lipinski definition) is 2. The Kier molecular flexibility index (Phi) is 7.72. The van der Waals surface area contributed by atoms with E-state index in [4.69, 9.17) is 5.73 Å². The zero-order chi connectivity index (χ0) is 21.0. The Labute approximate surface area is 162 Å². The highest BCUT2D eigenvalue weighted by molar-refractivity contribution is 6.07. The molecule has 27 heavy (non-hydrogen) atoms. The highest BCUT2D eigenvalue weighted by atomic mass is 16.2. The maximum Gasteiger partial charge on any atom is 0.244 e. The van der Waals surface area contributed by atoms with Gasteiger partial charge in [0.2, 0.25) is 17.7 Å². The van der Waals surface area contributed by atoms with Gasteiger partial charge in [-0.25, -0.2) is 0 Å². The van der Waals surface area contributed by atoms with E-state index in [1.807, 2.05) is 41.5 Å². The van der Waals surface area contributed by atoms with Gasteiger partial charge in [0.1, 0.15) is 11.8 Å². The van der Waals surface area contributed by atoms with Gasteiger partial charge in [0, 0.05) is 31.3 Å². The van der Waals surface area contributed by atoms with Crippen LogP contribution in [0.3, 0.4) is 0 Å². The molecule has 0 aromatic carbocycles. The van der Waals surface area contributed by atoms with E-state index in [0.29, 0.717) is 25.8 Å². The number of ketones is 1. The van der Waals surface area contributed by atoms with Gasteiger partial charge in [0.15, 0.2) is 0 Å². The highest BCUT2D eigenvalue weighted by Crippen LogP contribution is 2.36. The van der Waals surface area contributed by atoms with Crippen molar-refractivity contribution in [1.29, 1.82) is 0 Å². The molecular weight excluding hydrogens is 346 g/mol. The van der Waals surface area contributed by atoms with Crippen molar-refractivity contribution in [2.75, 3.05) is 13.1 Å². The maximum atomic E-state index is 12.6. The summed E-state index contributed by atoms with van der Waals surface area (Å²) < 4.78 is 0. The summed E-state index contributed by atoms with van der Waals surface area (Å²) in [6.45, 7) is 11.6. The van der Waals surface area contributed by atoms with Crippen LogP contribution in [-0.2, 0) is 19.2 Å². The Hall–Kier alpha value is -1.76. The SMILES string of the molecule is CC(C)(C)C(=O)CCCCNC(=O)C(CN)N1C(=O)CC(C(C)(C)C)C1=O. The molecule has 0 aromatic rings. The number of nitrogens with zero attached hydrogens (tertiary/aromatic N) is 1. The zero-order valence-electron chi connectivity index (χ0n) is 17.6. The summed E-state index contributed by atoms with van der Waals surface area (Å²) in [5.41, 5.74) is 5.00. The first-order chi connectivity index (χ1) is 12.3. The zero-order valence-corrected chi connectivity index (χ0v) is 17.6. The van der Waals surface area contributed by atoms with E-state index in [9.17, 15) is 19.2 Å². The number of nitrogens with two attached hydrogens (primary N) is 1. The van der Waals surface area contributed by atoms with Crippen LogP contribution in [0, 0.1) is 16.7 Å². The topological polar surface area (TPSA) is 110 Å². The number of Topliss-reactive ketones (excluding diaryl/α,β-unsaturated/α-hetero) is 1. The molecule has 1 fully saturated rings. The fourth-order valence-corrected chi connectivity index (χ4v) is 3.10. The molecule has 1 heterocycles. The summed E-state index contributed by atoms with van der Waals surface area (Å²) >= 11 is 0. The molecule has 0 saturated carbocycles. The van der Waals surface area contributed by atoms with Crippen LogP contribution in [0.4, 0.5) is 0 Å². The molecule has 7 heteroatoms. The number of hydrogen-bond acceptors (Lipinski definition) is 5. The van der Waals surface area contributed by atoms with Crippen LogP contribution >= 0.6 is 0 Å². The van der Waals surface area contributed by atoms with Crippen LogP contribution in [0.1, 0.15) is 67.2 Å². The van der Waals surface area contributed by atoms with Gasteiger partial charge in [0.25, 0.3) is 0 Å². The third-order valence-electron chi connectivity index (χ3n) is 5.03. The van der Waals surface area contributed by atoms with Crippen LogP contribution in [0.2, 0.25) is 0 Å². The maximum absolute atomic E-state index is 12.6. The number of carbonyl (C=O) groups excluding carboxylic acids is 4. The number of unbranched alkanes of at least 4 members (excludes halogenated alkanes) is 1. The third-order valence-corrected chi connectivity index (χ3v) is 5.03. The number of rotatable bonds is 8. The fraction of sp³-hybridized carbons (Fsp3) is 0.800. The summed E-state index contributed by atoms with van der Waals surface area (Å²) in [5.74, 6) is -1.34. The molecule has 0 spiro atoms. The monoisotopic (exact) mass is 381 g/mol. The Balaban J connectivity index is 2.57. The van der Waals surface area contributed by atoms with E-state index in [1.165, 1.54) is 0 Å². The summed E-state index contributed by atoms with van der Waals surface area (Å²) in [7, 11) is 0. The molecule has 7 nitrogen and oxygen atoms in total. The van der Waals surface area contributed by atoms with E-state index in [1.54, 1.807) is 0 Å². The van der Waals surface area contributed by atoms with Gasteiger partial charge in [-0.05, 0) is 18.3 Å². The number of amides is 3. The molecular formula is C20H35N3O4. The molecule has 2 atom stereocenters. The first-order valence-electron chi connectivity index (χ1n) is 9.67. The van der Waals surface area contributed by atoms with Crippen molar-refractivity contribution in [3.05, 3.63) is 0 Å². The molecule has 0 radical (unpaired) electrons. The standard InChI is InChI=1S/C20H35N3O4/c1-19(2,3)13-11-16(25)23(18(13)27)14(12-21)17(26)22-10-8-7-9-15(24)20(4,5)6/h13-14H,7-12,21H2,1-6H3,(H,22,26). The second-order valence-corrected chi connectivity index (χ2v) is 9.40. The molecule has 0 aliphatic carbocycles. The third kappa shape index (κ3) is 6.13. The van der Waals surface area contributed by atoms with Crippen molar-refractivity contribution in [2.45, 2.75) is 73.3 Å². The summed E-state index contributed by atoms with van der Waals surface area (Å²) in [6.07, 6.45) is 1.91. The van der Waals surface area contributed by atoms with Crippen LogP contribution in [0.25, 0.3) is 0 Å². The molecule has 3 amide bonds. The fourth-order valence-electron chi connectivity index (χ4n) is 3.10. The first kappa shape index (κ1) is 23.3. The summed E-state index contributed by atoms with van der Waals surface area (Å²) in [5, 5.41) is 2.74. The summed E-state index contributed by atoms with van der Waals surface area (Å²) in [4.78, 5) is 50.4. The Bertz CT molecular complexity index is 587. The van der Waals surface area contributed by atoms with Gasteiger partial charge >= 0.3 is 0 Å². The van der Waals surface area contributed by atoms with Gasteiger partial charge in [-0.2, -0.15) is 0 Å². The van der Waals surface area contributed by atoms with Crippen molar-refractivity contribution in [1.82, 2.24) is 10.2 Å². The van der Waals surface area contributed by atoms with Crippen molar-refractivity contribution in [2.24, 2.45) is 22.5 Å². The van der Waals surface area contributed by atoms with Gasteiger partial charge in [-0.15, -0.1) is 0 Å². The van der Waals surface area contributed by atoms with Gasteiger partial charge in [-0.1, -0.05) is 41.5 Å². The highest BCUT2D eigenvalue weighted by Gasteiger charge is 2.48. The minimum Gasteiger partial charge on any atom is -0.354 e. The van der Waals surface area contributed by atoms with Crippen LogP contribution in [-0.4, -0.2) is 47.5 Å². The number of imide groups is 1. The van der Waals surface area contributed by atoms with Crippen molar-refractivity contribution in [3.8, 4) is 0 Å². The van der Waals surface area contributed by atoms with Crippen LogP contribution in [0.15, 0.2) is 0 Å². The average Bonchev–Trinajstić information content (AvgIpc) is 2.82. The predicted octanol–water partition coefficient (Wildman–Crippen LogP) is 1.64. The van der Waals surface area contributed by atoms with E-state index in [2.05, 4.69) is 5.32 Å². The molecule has 1 aliphatic rings. The molecule has 154 valence electrons. The van der Waals surface area contributed by atoms with Crippen molar-refractivity contribution < 1.29 is 19.2 Å². The Morgan fingerprint density at radius 1 is 1.15 bits per heavy atom. The Morgan fingerprint density at radius 3 is 2.19 bits per heavy atom. The van der Waals surface area contributed by atoms with Crippen molar-refractivity contribution in [3.63, 3.8) is 0 Å². The molecule has 1 aliphatic heterocycles. The van der Waals surface area contributed by atoms with Gasteiger partial charge < -0.3 is 11.1 Å². The molecule has 3 N–H and O–H groups in total. The van der Waals surface area contributed by atoms with E-state index in [0.717, 1.165) is 4.90 Å². The second kappa shape index (κ2) is 8.95. The normalized spacial score (nSPS) is 19.4. The van der Waals surface area contributed by atoms with E-state index >= 15 is 0 Å². The number of carbonyl (C=O) groups is 4. The predicted molar refractivity (Wildman–Crippen MR) is 104 cm³/mol. The van der Waals surface area contributed by atoms with Crippen molar-refractivity contribution >= 4 is 23.5 Å². The lowest BCUT2D eigenvalue weighted by molar-refractivity contribution is -0.147. The summed E-state index contributed by atoms with van der Waals surface area (Å²) in [6, 6.07) is -0.978. The minimum atomic E-state index is -0.978. The molecule has 0 bridgehead atoms.